The second kappa shape index (κ2) is 10.2. The van der Waals surface area contributed by atoms with Crippen molar-refractivity contribution >= 4 is 11.8 Å². The van der Waals surface area contributed by atoms with Gasteiger partial charge in [0.1, 0.15) is 5.75 Å². The van der Waals surface area contributed by atoms with Crippen molar-refractivity contribution < 1.29 is 14.3 Å². The number of carbonyl (C=O) groups is 2. The highest BCUT2D eigenvalue weighted by molar-refractivity contribution is 5.95. The SMILES string of the molecule is C=CCNC(=O)COc1ccc2c(c1)C(c1cccc(C)c1)N(C(=O)c1ccccc1)CC2. The lowest BCUT2D eigenvalue weighted by atomic mass is 9.87. The predicted octanol–water partition coefficient (Wildman–Crippen LogP) is 4.46. The molecular formula is C28H28N2O3. The molecule has 0 saturated heterocycles. The highest BCUT2D eigenvalue weighted by atomic mass is 16.5. The van der Waals surface area contributed by atoms with E-state index in [4.69, 9.17) is 4.74 Å². The molecule has 0 spiro atoms. The quantitative estimate of drug-likeness (QED) is 0.552. The molecule has 5 nitrogen and oxygen atoms in total. The van der Waals surface area contributed by atoms with Crippen LogP contribution in [-0.2, 0) is 11.2 Å². The van der Waals surface area contributed by atoms with Crippen LogP contribution in [0, 0.1) is 6.92 Å². The number of rotatable bonds is 7. The van der Waals surface area contributed by atoms with E-state index < -0.39 is 0 Å². The van der Waals surface area contributed by atoms with Crippen LogP contribution in [0.1, 0.15) is 38.7 Å². The highest BCUT2D eigenvalue weighted by Gasteiger charge is 2.33. The summed E-state index contributed by atoms with van der Waals surface area (Å²) in [6.45, 7) is 6.61. The molecule has 0 saturated carbocycles. The molecule has 0 radical (unpaired) electrons. The average Bonchev–Trinajstić information content (AvgIpc) is 2.85. The number of benzene rings is 3. The molecule has 0 bridgehead atoms. The van der Waals surface area contributed by atoms with Crippen molar-refractivity contribution in [3.63, 3.8) is 0 Å². The van der Waals surface area contributed by atoms with Crippen molar-refractivity contribution in [1.82, 2.24) is 10.2 Å². The maximum atomic E-state index is 13.5. The largest absolute Gasteiger partial charge is 0.484 e. The maximum absolute atomic E-state index is 13.5. The molecule has 3 aromatic carbocycles. The summed E-state index contributed by atoms with van der Waals surface area (Å²) in [4.78, 5) is 27.4. The lowest BCUT2D eigenvalue weighted by Crippen LogP contribution is -2.40. The van der Waals surface area contributed by atoms with Gasteiger partial charge in [0.25, 0.3) is 11.8 Å². The normalized spacial score (nSPS) is 14.8. The number of ether oxygens (including phenoxy) is 1. The minimum atomic E-state index is -0.237. The maximum Gasteiger partial charge on any atom is 0.258 e. The van der Waals surface area contributed by atoms with Gasteiger partial charge in [0.15, 0.2) is 6.61 Å². The van der Waals surface area contributed by atoms with Crippen LogP contribution in [0.3, 0.4) is 0 Å². The van der Waals surface area contributed by atoms with Gasteiger partial charge in [-0.05, 0) is 54.3 Å². The van der Waals surface area contributed by atoms with E-state index in [2.05, 4.69) is 37.0 Å². The number of aryl methyl sites for hydroxylation is 1. The second-order valence-corrected chi connectivity index (χ2v) is 8.17. The molecule has 168 valence electrons. The summed E-state index contributed by atoms with van der Waals surface area (Å²) in [5.74, 6) is 0.404. The number of fused-ring (bicyclic) bond motifs is 1. The third-order valence-corrected chi connectivity index (χ3v) is 5.80. The first-order valence-electron chi connectivity index (χ1n) is 11.1. The fraction of sp³-hybridized carbons (Fsp3) is 0.214. The Morgan fingerprint density at radius 1 is 1.09 bits per heavy atom. The Morgan fingerprint density at radius 2 is 1.91 bits per heavy atom. The monoisotopic (exact) mass is 440 g/mol. The minimum absolute atomic E-state index is 0.00267. The summed E-state index contributed by atoms with van der Waals surface area (Å²) in [5, 5.41) is 2.71. The van der Waals surface area contributed by atoms with Gasteiger partial charge in [0, 0.05) is 18.7 Å². The first-order chi connectivity index (χ1) is 16.1. The van der Waals surface area contributed by atoms with Crippen LogP contribution in [-0.4, -0.2) is 36.4 Å². The fourth-order valence-corrected chi connectivity index (χ4v) is 4.23. The van der Waals surface area contributed by atoms with Crippen LogP contribution in [0.15, 0.2) is 85.5 Å². The number of nitrogens with zero attached hydrogens (tertiary/aromatic N) is 1. The topological polar surface area (TPSA) is 58.6 Å². The summed E-state index contributed by atoms with van der Waals surface area (Å²) >= 11 is 0. The van der Waals surface area contributed by atoms with Crippen molar-refractivity contribution in [2.45, 2.75) is 19.4 Å². The van der Waals surface area contributed by atoms with Crippen LogP contribution < -0.4 is 10.1 Å². The summed E-state index contributed by atoms with van der Waals surface area (Å²) < 4.78 is 5.77. The Balaban J connectivity index is 1.69. The Labute approximate surface area is 194 Å². The molecule has 0 aliphatic carbocycles. The average molecular weight is 441 g/mol. The van der Waals surface area contributed by atoms with Crippen LogP contribution in [0.25, 0.3) is 0 Å². The zero-order valence-corrected chi connectivity index (χ0v) is 18.8. The molecule has 1 aliphatic heterocycles. The van der Waals surface area contributed by atoms with E-state index in [1.165, 1.54) is 5.56 Å². The standard InChI is InChI=1S/C28H28N2O3/c1-3-15-29-26(31)19-33-24-13-12-21-14-16-30(28(32)22-9-5-4-6-10-22)27(25(21)18-24)23-11-7-8-20(2)17-23/h3-13,17-18,27H,1,14-16,19H2,2H3,(H,29,31). The smallest absolute Gasteiger partial charge is 0.258 e. The second-order valence-electron chi connectivity index (χ2n) is 8.17. The first-order valence-corrected chi connectivity index (χ1v) is 11.1. The van der Waals surface area contributed by atoms with E-state index in [0.29, 0.717) is 24.4 Å². The fourth-order valence-electron chi connectivity index (χ4n) is 4.23. The van der Waals surface area contributed by atoms with Crippen molar-refractivity contribution in [3.05, 3.63) is 113 Å². The Hall–Kier alpha value is -3.86. The number of hydrogen-bond acceptors (Lipinski definition) is 3. The van der Waals surface area contributed by atoms with Gasteiger partial charge < -0.3 is 15.0 Å². The molecule has 33 heavy (non-hydrogen) atoms. The van der Waals surface area contributed by atoms with Crippen LogP contribution in [0.4, 0.5) is 0 Å². The molecule has 2 amide bonds. The van der Waals surface area contributed by atoms with Crippen LogP contribution >= 0.6 is 0 Å². The molecule has 0 fully saturated rings. The third-order valence-electron chi connectivity index (χ3n) is 5.80. The molecular weight excluding hydrogens is 412 g/mol. The molecule has 3 aromatic rings. The van der Waals surface area contributed by atoms with E-state index in [1.54, 1.807) is 6.08 Å². The molecule has 1 aliphatic rings. The van der Waals surface area contributed by atoms with Gasteiger partial charge in [-0.15, -0.1) is 6.58 Å². The Bertz CT molecular complexity index is 1160. The van der Waals surface area contributed by atoms with E-state index in [0.717, 1.165) is 23.1 Å². The van der Waals surface area contributed by atoms with Gasteiger partial charge >= 0.3 is 0 Å². The molecule has 1 unspecified atom stereocenters. The van der Waals surface area contributed by atoms with Crippen LogP contribution in [0.5, 0.6) is 5.75 Å². The van der Waals surface area contributed by atoms with Gasteiger partial charge in [0.2, 0.25) is 0 Å². The van der Waals surface area contributed by atoms with Gasteiger partial charge in [-0.2, -0.15) is 0 Å². The highest BCUT2D eigenvalue weighted by Crippen LogP contribution is 2.38. The third kappa shape index (κ3) is 5.14. The predicted molar refractivity (Wildman–Crippen MR) is 129 cm³/mol. The van der Waals surface area contributed by atoms with Crippen molar-refractivity contribution in [2.75, 3.05) is 19.7 Å². The molecule has 0 aromatic heterocycles. The van der Waals surface area contributed by atoms with Gasteiger partial charge in [-0.25, -0.2) is 0 Å². The minimum Gasteiger partial charge on any atom is -0.484 e. The lowest BCUT2D eigenvalue weighted by Gasteiger charge is -2.38. The van der Waals surface area contributed by atoms with Crippen LogP contribution in [0.2, 0.25) is 0 Å². The zero-order chi connectivity index (χ0) is 23.2. The summed E-state index contributed by atoms with van der Waals surface area (Å²) in [6, 6.07) is 23.3. The van der Waals surface area contributed by atoms with Gasteiger partial charge in [-0.1, -0.05) is 60.2 Å². The number of amides is 2. The summed E-state index contributed by atoms with van der Waals surface area (Å²) in [7, 11) is 0. The van der Waals surface area contributed by atoms with Gasteiger partial charge in [-0.3, -0.25) is 9.59 Å². The van der Waals surface area contributed by atoms with E-state index >= 15 is 0 Å². The van der Waals surface area contributed by atoms with Crippen molar-refractivity contribution in [2.24, 2.45) is 0 Å². The summed E-state index contributed by atoms with van der Waals surface area (Å²) in [6.07, 6.45) is 2.39. The van der Waals surface area contributed by atoms with E-state index in [-0.39, 0.29) is 24.5 Å². The molecule has 1 N–H and O–H groups in total. The number of nitrogens with one attached hydrogen (secondary N) is 1. The molecule has 1 heterocycles. The first kappa shape index (κ1) is 22.3. The molecule has 4 rings (SSSR count). The van der Waals surface area contributed by atoms with Gasteiger partial charge in [0.05, 0.1) is 6.04 Å². The lowest BCUT2D eigenvalue weighted by molar-refractivity contribution is -0.122. The summed E-state index contributed by atoms with van der Waals surface area (Å²) in [5.41, 5.74) is 5.08. The number of carbonyl (C=O) groups excluding carboxylic acids is 2. The van der Waals surface area contributed by atoms with Crippen molar-refractivity contribution in [1.29, 1.82) is 0 Å². The Kier molecular flexibility index (Phi) is 6.89. The van der Waals surface area contributed by atoms with E-state index in [1.807, 2.05) is 59.5 Å². The Morgan fingerprint density at radius 3 is 2.67 bits per heavy atom. The molecule has 1 atom stereocenters. The van der Waals surface area contributed by atoms with E-state index in [9.17, 15) is 9.59 Å². The number of hydrogen-bond donors (Lipinski definition) is 1. The zero-order valence-electron chi connectivity index (χ0n) is 18.8. The molecule has 5 heteroatoms. The van der Waals surface area contributed by atoms with Crippen molar-refractivity contribution in [3.8, 4) is 5.75 Å².